The first-order valence-corrected chi connectivity index (χ1v) is 7.72. The number of hydrogen-bond acceptors (Lipinski definition) is 7. The van der Waals surface area contributed by atoms with E-state index < -0.39 is 0 Å². The Labute approximate surface area is 127 Å². The van der Waals surface area contributed by atoms with E-state index in [1.54, 1.807) is 11.8 Å². The van der Waals surface area contributed by atoms with Crippen LogP contribution in [0.15, 0.2) is 14.9 Å². The van der Waals surface area contributed by atoms with Crippen molar-refractivity contribution in [1.29, 1.82) is 0 Å². The lowest BCUT2D eigenvalue weighted by atomic mass is 10.2. The van der Waals surface area contributed by atoms with Gasteiger partial charge in [-0.05, 0) is 19.9 Å². The van der Waals surface area contributed by atoms with Crippen LogP contribution in [0.4, 0.5) is 0 Å². The van der Waals surface area contributed by atoms with Gasteiger partial charge >= 0.3 is 5.97 Å². The molecule has 0 aliphatic heterocycles. The quantitative estimate of drug-likeness (QED) is 0.759. The van der Waals surface area contributed by atoms with E-state index in [0.717, 1.165) is 17.1 Å². The Morgan fingerprint density at radius 3 is 2.76 bits per heavy atom. The number of carbonyl (C=O) groups excluding carboxylic acids is 1. The van der Waals surface area contributed by atoms with Gasteiger partial charge in [0.15, 0.2) is 0 Å². The Hall–Kier alpha value is -1.76. The summed E-state index contributed by atoms with van der Waals surface area (Å²) < 4.78 is 15.7. The number of aryl methyl sites for hydroxylation is 2. The van der Waals surface area contributed by atoms with Crippen molar-refractivity contribution in [3.05, 3.63) is 23.5 Å². The average Bonchev–Trinajstić information content (AvgIpc) is 3.04. The molecule has 0 aliphatic rings. The predicted molar refractivity (Wildman–Crippen MR) is 78.8 cm³/mol. The maximum atomic E-state index is 11.3. The Morgan fingerprint density at radius 2 is 2.14 bits per heavy atom. The third-order valence-corrected chi connectivity index (χ3v) is 4.12. The van der Waals surface area contributed by atoms with Crippen molar-refractivity contribution in [2.45, 2.75) is 26.5 Å². The molecule has 21 heavy (non-hydrogen) atoms. The summed E-state index contributed by atoms with van der Waals surface area (Å²) in [6.07, 6.45) is 0. The van der Waals surface area contributed by atoms with Gasteiger partial charge in [0.1, 0.15) is 11.5 Å². The number of esters is 1. The highest BCUT2D eigenvalue weighted by atomic mass is 32.2. The van der Waals surface area contributed by atoms with Crippen molar-refractivity contribution in [1.82, 2.24) is 10.2 Å². The fourth-order valence-electron chi connectivity index (χ4n) is 1.86. The van der Waals surface area contributed by atoms with Gasteiger partial charge in [-0.15, -0.1) is 10.2 Å². The number of hydrogen-bond donors (Lipinski definition) is 0. The molecule has 0 saturated heterocycles. The van der Waals surface area contributed by atoms with Crippen molar-refractivity contribution in [3.8, 4) is 11.5 Å². The summed E-state index contributed by atoms with van der Waals surface area (Å²) in [5.74, 6) is 3.40. The Bertz CT molecular complexity index is 620. The summed E-state index contributed by atoms with van der Waals surface area (Å²) in [7, 11) is 1.39. The predicted octanol–water partition coefficient (Wildman–Crippen LogP) is 2.99. The molecule has 1 atom stereocenters. The van der Waals surface area contributed by atoms with Gasteiger partial charge < -0.3 is 13.6 Å². The molecular formula is C14H18N2O4S. The standard InChI is InChI=1S/C14H18N2O4S/c1-8(14(17)18-4)6-21-7-12-15-16-13(20-12)11-5-9(2)19-10(11)3/h5,8H,6-7H2,1-4H3. The molecule has 1 unspecified atom stereocenters. The largest absolute Gasteiger partial charge is 0.469 e. The number of furan rings is 1. The monoisotopic (exact) mass is 310 g/mol. The normalized spacial score (nSPS) is 12.4. The zero-order chi connectivity index (χ0) is 15.4. The summed E-state index contributed by atoms with van der Waals surface area (Å²) in [6.45, 7) is 5.56. The van der Waals surface area contributed by atoms with Crippen molar-refractivity contribution in [2.24, 2.45) is 5.92 Å². The molecule has 2 aromatic rings. The summed E-state index contributed by atoms with van der Waals surface area (Å²) in [5.41, 5.74) is 0.819. The zero-order valence-electron chi connectivity index (χ0n) is 12.5. The molecule has 2 heterocycles. The van der Waals surface area contributed by atoms with E-state index in [4.69, 9.17) is 8.83 Å². The lowest BCUT2D eigenvalue weighted by molar-refractivity contribution is -0.143. The fourth-order valence-corrected chi connectivity index (χ4v) is 2.75. The second-order valence-corrected chi connectivity index (χ2v) is 5.80. The topological polar surface area (TPSA) is 78.4 Å². The smallest absolute Gasteiger partial charge is 0.309 e. The first-order valence-electron chi connectivity index (χ1n) is 6.56. The maximum Gasteiger partial charge on any atom is 0.309 e. The minimum atomic E-state index is -0.210. The van der Waals surface area contributed by atoms with Crippen molar-refractivity contribution in [2.75, 3.05) is 12.9 Å². The van der Waals surface area contributed by atoms with Crippen LogP contribution in [0.1, 0.15) is 24.3 Å². The van der Waals surface area contributed by atoms with Crippen molar-refractivity contribution >= 4 is 17.7 Å². The van der Waals surface area contributed by atoms with Crippen LogP contribution in [0, 0.1) is 19.8 Å². The molecule has 0 radical (unpaired) electrons. The second kappa shape index (κ2) is 6.80. The van der Waals surface area contributed by atoms with Crippen molar-refractivity contribution in [3.63, 3.8) is 0 Å². The molecule has 0 amide bonds. The van der Waals surface area contributed by atoms with E-state index in [1.165, 1.54) is 7.11 Å². The van der Waals surface area contributed by atoms with E-state index in [0.29, 0.717) is 23.3 Å². The highest BCUT2D eigenvalue weighted by Gasteiger charge is 2.16. The number of ether oxygens (including phenoxy) is 1. The molecule has 0 spiro atoms. The van der Waals surface area contributed by atoms with Gasteiger partial charge in [0.05, 0.1) is 24.3 Å². The highest BCUT2D eigenvalue weighted by Crippen LogP contribution is 2.26. The first-order chi connectivity index (χ1) is 10.0. The Morgan fingerprint density at radius 1 is 1.38 bits per heavy atom. The number of thioether (sulfide) groups is 1. The van der Waals surface area contributed by atoms with Gasteiger partial charge in [-0.3, -0.25) is 4.79 Å². The molecule has 7 heteroatoms. The summed E-state index contributed by atoms with van der Waals surface area (Å²) in [5, 5.41) is 8.04. The van der Waals surface area contributed by atoms with Crippen LogP contribution in [-0.4, -0.2) is 29.0 Å². The Balaban J connectivity index is 1.92. The van der Waals surface area contributed by atoms with Gasteiger partial charge in [0, 0.05) is 5.75 Å². The summed E-state index contributed by atoms with van der Waals surface area (Å²) >= 11 is 1.56. The molecule has 0 bridgehead atoms. The molecule has 0 fully saturated rings. The minimum absolute atomic E-state index is 0.152. The van der Waals surface area contributed by atoms with Crippen molar-refractivity contribution < 1.29 is 18.4 Å². The molecule has 2 aromatic heterocycles. The van der Waals surface area contributed by atoms with E-state index in [2.05, 4.69) is 14.9 Å². The first kappa shape index (κ1) is 15.6. The Kier molecular flexibility index (Phi) is 5.06. The van der Waals surface area contributed by atoms with Crippen LogP contribution in [0.25, 0.3) is 11.5 Å². The van der Waals surface area contributed by atoms with Crippen LogP contribution in [0.3, 0.4) is 0 Å². The van der Waals surface area contributed by atoms with Crippen LogP contribution in [0.5, 0.6) is 0 Å². The average molecular weight is 310 g/mol. The highest BCUT2D eigenvalue weighted by molar-refractivity contribution is 7.98. The third-order valence-electron chi connectivity index (χ3n) is 2.94. The molecule has 0 aromatic carbocycles. The molecule has 0 saturated carbocycles. The second-order valence-electron chi connectivity index (χ2n) is 4.77. The molecule has 6 nitrogen and oxygen atoms in total. The molecule has 0 N–H and O–H groups in total. The van der Waals surface area contributed by atoms with Gasteiger partial charge in [-0.25, -0.2) is 0 Å². The zero-order valence-corrected chi connectivity index (χ0v) is 13.3. The minimum Gasteiger partial charge on any atom is -0.469 e. The van der Waals surface area contributed by atoms with Gasteiger partial charge in [0.2, 0.25) is 5.89 Å². The number of nitrogens with zero attached hydrogens (tertiary/aromatic N) is 2. The van der Waals surface area contributed by atoms with Crippen LogP contribution in [0.2, 0.25) is 0 Å². The van der Waals surface area contributed by atoms with Gasteiger partial charge in [-0.1, -0.05) is 6.92 Å². The van der Waals surface area contributed by atoms with E-state index >= 15 is 0 Å². The van der Waals surface area contributed by atoms with E-state index in [-0.39, 0.29) is 11.9 Å². The maximum absolute atomic E-state index is 11.3. The van der Waals surface area contributed by atoms with Gasteiger partial charge in [0.25, 0.3) is 5.89 Å². The fraction of sp³-hybridized carbons (Fsp3) is 0.500. The molecular weight excluding hydrogens is 292 g/mol. The third kappa shape index (κ3) is 3.87. The summed E-state index contributed by atoms with van der Waals surface area (Å²) in [6, 6.07) is 1.87. The molecule has 0 aliphatic carbocycles. The van der Waals surface area contributed by atoms with Crippen LogP contribution >= 0.6 is 11.8 Å². The lowest BCUT2D eigenvalue weighted by Crippen LogP contribution is -2.14. The van der Waals surface area contributed by atoms with E-state index in [9.17, 15) is 4.79 Å². The number of carbonyl (C=O) groups is 1. The number of aromatic nitrogens is 2. The molecule has 114 valence electrons. The molecule has 2 rings (SSSR count). The van der Waals surface area contributed by atoms with E-state index in [1.807, 2.05) is 26.8 Å². The SMILES string of the molecule is COC(=O)C(C)CSCc1nnc(-c2cc(C)oc2C)o1. The lowest BCUT2D eigenvalue weighted by Gasteiger charge is -2.06. The van der Waals surface area contributed by atoms with Crippen LogP contribution < -0.4 is 0 Å². The number of methoxy groups -OCH3 is 1. The summed E-state index contributed by atoms with van der Waals surface area (Å²) in [4.78, 5) is 11.3. The van der Waals surface area contributed by atoms with Gasteiger partial charge in [-0.2, -0.15) is 11.8 Å². The van der Waals surface area contributed by atoms with Crippen LogP contribution in [-0.2, 0) is 15.3 Å². The number of rotatable bonds is 6.